The van der Waals surface area contributed by atoms with Crippen LogP contribution in [0.2, 0.25) is 0 Å². The molecule has 0 spiro atoms. The molecule has 0 saturated heterocycles. The van der Waals surface area contributed by atoms with Crippen molar-refractivity contribution in [3.05, 3.63) is 35.9 Å². The van der Waals surface area contributed by atoms with Gasteiger partial charge in [-0.1, -0.05) is 11.6 Å². The van der Waals surface area contributed by atoms with Crippen LogP contribution >= 0.6 is 0 Å². The molecule has 1 aromatic rings. The molecule has 0 fully saturated rings. The zero-order valence-electron chi connectivity index (χ0n) is 13.5. The number of nitrogens with zero attached hydrogens (tertiary/aromatic N) is 3. The third-order valence-corrected chi connectivity index (χ3v) is 3.26. The van der Waals surface area contributed by atoms with Crippen molar-refractivity contribution in [2.75, 3.05) is 19.6 Å². The number of carbonyl (C=O) groups is 1. The van der Waals surface area contributed by atoms with Crippen molar-refractivity contribution >= 4 is 6.09 Å². The Morgan fingerprint density at radius 1 is 1.41 bits per heavy atom. The van der Waals surface area contributed by atoms with E-state index in [4.69, 9.17) is 4.74 Å². The van der Waals surface area contributed by atoms with E-state index in [1.165, 1.54) is 5.57 Å². The number of nitrogens with one attached hydrogen (secondary N) is 1. The summed E-state index contributed by atoms with van der Waals surface area (Å²) in [5.74, 6) is 0. The van der Waals surface area contributed by atoms with Crippen molar-refractivity contribution in [2.24, 2.45) is 0 Å². The van der Waals surface area contributed by atoms with E-state index in [-0.39, 0.29) is 6.09 Å². The summed E-state index contributed by atoms with van der Waals surface area (Å²) in [4.78, 5) is 21.8. The lowest BCUT2D eigenvalue weighted by atomic mass is 10.1. The molecule has 2 rings (SSSR count). The fourth-order valence-corrected chi connectivity index (χ4v) is 2.14. The Morgan fingerprint density at radius 3 is 2.82 bits per heavy atom. The predicted molar refractivity (Wildman–Crippen MR) is 84.2 cm³/mol. The highest BCUT2D eigenvalue weighted by atomic mass is 16.6. The number of aromatic nitrogens is 2. The van der Waals surface area contributed by atoms with Gasteiger partial charge in [-0.2, -0.15) is 0 Å². The molecule has 0 aromatic carbocycles. The molecule has 0 bridgehead atoms. The minimum absolute atomic E-state index is 0.239. The molecular weight excluding hydrogens is 280 g/mol. The normalized spacial score (nSPS) is 15.4. The lowest BCUT2D eigenvalue weighted by Crippen LogP contribution is -2.39. The molecular formula is C16H24N4O2. The van der Waals surface area contributed by atoms with E-state index in [9.17, 15) is 4.79 Å². The van der Waals surface area contributed by atoms with Crippen molar-refractivity contribution in [3.63, 3.8) is 0 Å². The van der Waals surface area contributed by atoms with Crippen LogP contribution in [0.15, 0.2) is 30.2 Å². The third kappa shape index (κ3) is 5.44. The van der Waals surface area contributed by atoms with Crippen LogP contribution in [0, 0.1) is 0 Å². The predicted octanol–water partition coefficient (Wildman–Crippen LogP) is 2.13. The maximum absolute atomic E-state index is 12.0. The fourth-order valence-electron chi connectivity index (χ4n) is 2.14. The summed E-state index contributed by atoms with van der Waals surface area (Å²) in [6.07, 6.45) is 6.02. The summed E-state index contributed by atoms with van der Waals surface area (Å²) in [6.45, 7) is 8.49. The van der Waals surface area contributed by atoms with Gasteiger partial charge in [0.25, 0.3) is 0 Å². The first-order chi connectivity index (χ1) is 10.4. The first-order valence-corrected chi connectivity index (χ1v) is 7.55. The van der Waals surface area contributed by atoms with E-state index < -0.39 is 5.60 Å². The van der Waals surface area contributed by atoms with E-state index in [2.05, 4.69) is 21.4 Å². The Balaban J connectivity index is 1.73. The monoisotopic (exact) mass is 304 g/mol. The van der Waals surface area contributed by atoms with Crippen LogP contribution in [0.5, 0.6) is 0 Å². The molecule has 0 atom stereocenters. The van der Waals surface area contributed by atoms with Crippen LogP contribution in [0.25, 0.3) is 0 Å². The maximum Gasteiger partial charge on any atom is 0.410 e. The second kappa shape index (κ2) is 7.35. The molecule has 22 heavy (non-hydrogen) atoms. The summed E-state index contributed by atoms with van der Waals surface area (Å²) in [7, 11) is 0. The average Bonchev–Trinajstić information content (AvgIpc) is 2.47. The molecule has 1 N–H and O–H groups in total. The van der Waals surface area contributed by atoms with Crippen LogP contribution in [-0.2, 0) is 11.3 Å². The van der Waals surface area contributed by atoms with E-state index in [0.29, 0.717) is 13.1 Å². The molecule has 1 amide bonds. The Morgan fingerprint density at radius 2 is 2.23 bits per heavy atom. The highest BCUT2D eigenvalue weighted by Crippen LogP contribution is 2.15. The Hall–Kier alpha value is -1.95. The van der Waals surface area contributed by atoms with Crippen LogP contribution in [0.1, 0.15) is 32.9 Å². The summed E-state index contributed by atoms with van der Waals surface area (Å²) in [6, 6.07) is 1.90. The molecule has 0 saturated carbocycles. The zero-order valence-corrected chi connectivity index (χ0v) is 13.5. The number of carbonyl (C=O) groups excluding carboxylic acids is 1. The van der Waals surface area contributed by atoms with E-state index in [1.807, 2.05) is 26.8 Å². The Labute approximate surface area is 131 Å². The van der Waals surface area contributed by atoms with Gasteiger partial charge in [-0.3, -0.25) is 0 Å². The van der Waals surface area contributed by atoms with E-state index in [1.54, 1.807) is 17.4 Å². The smallest absolute Gasteiger partial charge is 0.410 e. The molecule has 0 aliphatic carbocycles. The molecule has 6 nitrogen and oxygen atoms in total. The van der Waals surface area contributed by atoms with Gasteiger partial charge in [0.05, 0.1) is 5.69 Å². The molecule has 2 heterocycles. The minimum atomic E-state index is -0.444. The summed E-state index contributed by atoms with van der Waals surface area (Å²) >= 11 is 0. The van der Waals surface area contributed by atoms with Crippen LogP contribution in [0.4, 0.5) is 4.79 Å². The van der Waals surface area contributed by atoms with Crippen LogP contribution < -0.4 is 5.32 Å². The molecule has 0 unspecified atom stereocenters. The number of amides is 1. The molecule has 1 aromatic heterocycles. The van der Waals surface area contributed by atoms with Gasteiger partial charge in [0, 0.05) is 32.4 Å². The highest BCUT2D eigenvalue weighted by molar-refractivity contribution is 5.68. The van der Waals surface area contributed by atoms with Gasteiger partial charge in [0.2, 0.25) is 0 Å². The third-order valence-electron chi connectivity index (χ3n) is 3.26. The second-order valence-electron chi connectivity index (χ2n) is 6.34. The van der Waals surface area contributed by atoms with Gasteiger partial charge in [-0.15, -0.1) is 0 Å². The largest absolute Gasteiger partial charge is 0.444 e. The van der Waals surface area contributed by atoms with Crippen molar-refractivity contribution in [1.29, 1.82) is 0 Å². The quantitative estimate of drug-likeness (QED) is 0.863. The lowest BCUT2D eigenvalue weighted by molar-refractivity contribution is 0.0265. The molecule has 6 heteroatoms. The summed E-state index contributed by atoms with van der Waals surface area (Å²) in [5.41, 5.74) is 1.84. The minimum Gasteiger partial charge on any atom is -0.444 e. The van der Waals surface area contributed by atoms with Crippen LogP contribution in [0.3, 0.4) is 0 Å². The first-order valence-electron chi connectivity index (χ1n) is 7.55. The molecule has 1 aliphatic heterocycles. The summed E-state index contributed by atoms with van der Waals surface area (Å²) in [5, 5.41) is 3.36. The lowest BCUT2D eigenvalue weighted by Gasteiger charge is -2.29. The fraction of sp³-hybridized carbons (Fsp3) is 0.562. The first kappa shape index (κ1) is 16.4. The van der Waals surface area contributed by atoms with E-state index >= 15 is 0 Å². The Bertz CT molecular complexity index is 523. The molecule has 0 radical (unpaired) electrons. The number of ether oxygens (including phenoxy) is 1. The van der Waals surface area contributed by atoms with Crippen LogP contribution in [-0.4, -0.2) is 46.2 Å². The van der Waals surface area contributed by atoms with Crippen molar-refractivity contribution in [2.45, 2.75) is 39.3 Å². The zero-order chi connectivity index (χ0) is 16.0. The van der Waals surface area contributed by atoms with Gasteiger partial charge >= 0.3 is 6.09 Å². The average molecular weight is 304 g/mol. The molecule has 120 valence electrons. The van der Waals surface area contributed by atoms with Crippen molar-refractivity contribution < 1.29 is 9.53 Å². The van der Waals surface area contributed by atoms with Gasteiger partial charge < -0.3 is 15.0 Å². The number of hydrogen-bond acceptors (Lipinski definition) is 5. The van der Waals surface area contributed by atoms with Gasteiger partial charge in [-0.25, -0.2) is 14.8 Å². The van der Waals surface area contributed by atoms with Crippen molar-refractivity contribution in [1.82, 2.24) is 20.2 Å². The second-order valence-corrected chi connectivity index (χ2v) is 6.34. The topological polar surface area (TPSA) is 67.3 Å². The highest BCUT2D eigenvalue weighted by Gasteiger charge is 2.23. The Kier molecular flexibility index (Phi) is 5.49. The number of hydrogen-bond donors (Lipinski definition) is 1. The maximum atomic E-state index is 12.0. The van der Waals surface area contributed by atoms with E-state index in [0.717, 1.165) is 25.2 Å². The standard InChI is InChI=1S/C16H24N4O2/c1-16(2,3)22-15(21)20-8-5-13(6-9-20)10-18-11-14-4-7-17-12-19-14/h4-5,7,12,18H,6,8-11H2,1-3H3. The van der Waals surface area contributed by atoms with Gasteiger partial charge in [0.15, 0.2) is 0 Å². The SMILES string of the molecule is CC(C)(C)OC(=O)N1CC=C(CNCc2ccncn2)CC1. The molecule has 1 aliphatic rings. The van der Waals surface area contributed by atoms with Gasteiger partial charge in [-0.05, 0) is 33.3 Å². The van der Waals surface area contributed by atoms with Crippen molar-refractivity contribution in [3.8, 4) is 0 Å². The summed E-state index contributed by atoms with van der Waals surface area (Å²) < 4.78 is 5.38. The van der Waals surface area contributed by atoms with Gasteiger partial charge in [0.1, 0.15) is 11.9 Å². The number of rotatable bonds is 4.